The number of aliphatic hydroxyl groups excluding tert-OH is 4. The number of hydrogen-bond acceptors (Lipinski definition) is 18. The molecule has 4 saturated heterocycles. The van der Waals surface area contributed by atoms with Crippen LogP contribution in [0.1, 0.15) is 83.1 Å². The lowest BCUT2D eigenvalue weighted by Crippen LogP contribution is -2.39. The van der Waals surface area contributed by atoms with Gasteiger partial charge in [-0.05, 0) is 94.9 Å². The molecule has 0 aromatic rings. The fourth-order valence-electron chi connectivity index (χ4n) is 6.83. The standard InChI is InChI=1S/C18H36BO9P.C18H35O9PS/c1-9(2)23-7-13-18(16(21)12(6)26-13)28-29(19,22)24-8-14-17(25-10(3)4)15(20)11(5)27-14;1-9(2)22-7-13-18(16(20)12(6)25-13)27-28(21,29)23-8-14-17(24-10(3)4)15(19)11(5)26-14/h9-18,20-21H,7-8,19H2,1-6H3;9-20H,7-8H2,1-6H3,(H,21,29)/t11-,12-,13+,14+,15+,16+,17?,18?,29?;11-,12-,13+,14+,15+,16+,17?,18?,28?/m00/s1. The third-order valence-corrected chi connectivity index (χ3v) is 12.6. The van der Waals surface area contributed by atoms with Gasteiger partial charge in [0.15, 0.2) is 0 Å². The number of ether oxygens (including phenoxy) is 8. The van der Waals surface area contributed by atoms with Crippen LogP contribution in [0.5, 0.6) is 0 Å². The van der Waals surface area contributed by atoms with Gasteiger partial charge in [-0.3, -0.25) is 9.09 Å². The SMILES string of the molecule is BP(=O)(OC[C@H]1O[C@@H](C)[C@@H](O)C1OC(C)C)OC1[C@@H](COC(C)C)O[C@@H](C)[C@H]1O.CC(C)OC[C@H]1O[C@@H](C)[C@@H](O)C1OP(O)(=S)OC[C@H]1O[C@@H](C)[C@@H](O)C1OC(C)C. The molecule has 342 valence electrons. The van der Waals surface area contributed by atoms with E-state index in [0.29, 0.717) is 0 Å². The van der Waals surface area contributed by atoms with Crippen LogP contribution in [0, 0.1) is 0 Å². The van der Waals surface area contributed by atoms with E-state index in [2.05, 4.69) is 0 Å². The summed E-state index contributed by atoms with van der Waals surface area (Å²) in [5.41, 5.74) is 0. The molecule has 0 aromatic carbocycles. The first-order valence-corrected chi connectivity index (χ1v) is 24.8. The minimum Gasteiger partial charge on any atom is -0.388 e. The molecule has 4 aliphatic heterocycles. The highest BCUT2D eigenvalue weighted by Gasteiger charge is 2.49. The molecule has 4 fully saturated rings. The van der Waals surface area contributed by atoms with E-state index in [1.54, 1.807) is 27.7 Å². The molecular formula is C36H71BO18P2S. The average molecular weight is 897 g/mol. The molecule has 0 radical (unpaired) electrons. The first-order valence-electron chi connectivity index (χ1n) is 20.3. The average Bonchev–Trinajstić information content (AvgIpc) is 3.74. The summed E-state index contributed by atoms with van der Waals surface area (Å²) in [6.07, 6.45) is -10.8. The highest BCUT2D eigenvalue weighted by Crippen LogP contribution is 2.49. The Labute approximate surface area is 350 Å². The van der Waals surface area contributed by atoms with Crippen LogP contribution in [0.2, 0.25) is 0 Å². The van der Waals surface area contributed by atoms with Crippen LogP contribution in [0.25, 0.3) is 0 Å². The highest BCUT2D eigenvalue weighted by atomic mass is 32.5. The van der Waals surface area contributed by atoms with Crippen molar-refractivity contribution in [3.63, 3.8) is 0 Å². The maximum Gasteiger partial charge on any atom is 0.325 e. The summed E-state index contributed by atoms with van der Waals surface area (Å²) < 4.78 is 80.6. The second kappa shape index (κ2) is 23.3. The molecule has 0 aliphatic carbocycles. The number of aliphatic hydroxyl groups is 4. The van der Waals surface area contributed by atoms with Gasteiger partial charge >= 0.3 is 6.72 Å². The van der Waals surface area contributed by atoms with E-state index in [9.17, 15) is 29.9 Å². The van der Waals surface area contributed by atoms with E-state index >= 15 is 0 Å². The molecule has 6 unspecified atom stereocenters. The number of rotatable bonds is 20. The topological polar surface area (TPSA) is 229 Å². The predicted octanol–water partition coefficient (Wildman–Crippen LogP) is 1.76. The van der Waals surface area contributed by atoms with E-state index in [-0.39, 0.29) is 50.8 Å². The largest absolute Gasteiger partial charge is 0.388 e. The van der Waals surface area contributed by atoms with Gasteiger partial charge in [-0.1, -0.05) is 0 Å². The van der Waals surface area contributed by atoms with Crippen LogP contribution in [0.3, 0.4) is 0 Å². The zero-order valence-electron chi connectivity index (χ0n) is 36.2. The second-order valence-electron chi connectivity index (χ2n) is 16.5. The van der Waals surface area contributed by atoms with Crippen LogP contribution in [0.15, 0.2) is 0 Å². The van der Waals surface area contributed by atoms with Crippen molar-refractivity contribution in [3.05, 3.63) is 0 Å². The molecule has 0 aromatic heterocycles. The summed E-state index contributed by atoms with van der Waals surface area (Å²) in [7, 11) is -2.21. The van der Waals surface area contributed by atoms with Gasteiger partial charge in [-0.25, -0.2) is 0 Å². The molecule has 0 saturated carbocycles. The summed E-state index contributed by atoms with van der Waals surface area (Å²) in [6, 6.07) is 0. The molecule has 0 bridgehead atoms. The zero-order valence-corrected chi connectivity index (χ0v) is 38.8. The summed E-state index contributed by atoms with van der Waals surface area (Å²) in [5, 5.41) is 41.3. The Morgan fingerprint density at radius 2 is 0.845 bits per heavy atom. The minimum atomic E-state index is -3.72. The maximum atomic E-state index is 12.9. The van der Waals surface area contributed by atoms with E-state index in [0.717, 1.165) is 0 Å². The van der Waals surface area contributed by atoms with Crippen molar-refractivity contribution >= 4 is 33.6 Å². The summed E-state index contributed by atoms with van der Waals surface area (Å²) in [5.74, 6) is 0. The third-order valence-electron chi connectivity index (χ3n) is 9.78. The molecule has 0 amide bonds. The van der Waals surface area contributed by atoms with Crippen LogP contribution < -0.4 is 0 Å². The first kappa shape index (κ1) is 52.6. The summed E-state index contributed by atoms with van der Waals surface area (Å²) in [6.45, 7) is 18.4. The van der Waals surface area contributed by atoms with Crippen molar-refractivity contribution in [2.75, 3.05) is 26.4 Å². The molecule has 0 spiro atoms. The molecular weight excluding hydrogens is 825 g/mol. The van der Waals surface area contributed by atoms with Crippen LogP contribution in [-0.2, 0) is 72.4 Å². The van der Waals surface area contributed by atoms with Gasteiger partial charge in [0.05, 0.1) is 75.3 Å². The lowest BCUT2D eigenvalue weighted by atomic mass is 10.1. The van der Waals surface area contributed by atoms with Crippen molar-refractivity contribution in [1.29, 1.82) is 0 Å². The lowest BCUT2D eigenvalue weighted by molar-refractivity contribution is -0.0787. The number of hydrogen-bond donors (Lipinski definition) is 5. The van der Waals surface area contributed by atoms with Crippen LogP contribution in [-0.4, -0.2) is 181 Å². The van der Waals surface area contributed by atoms with Crippen molar-refractivity contribution in [2.24, 2.45) is 0 Å². The zero-order chi connectivity index (χ0) is 43.9. The van der Waals surface area contributed by atoms with Gasteiger partial charge < -0.3 is 76.8 Å². The van der Waals surface area contributed by atoms with Gasteiger partial charge in [0.1, 0.15) is 73.2 Å². The van der Waals surface area contributed by atoms with E-state index in [1.807, 2.05) is 55.4 Å². The van der Waals surface area contributed by atoms with Crippen LogP contribution >= 0.6 is 14.2 Å². The minimum absolute atomic E-state index is 0.0113. The monoisotopic (exact) mass is 896 g/mol. The van der Waals surface area contributed by atoms with Gasteiger partial charge in [0, 0.05) is 0 Å². The summed E-state index contributed by atoms with van der Waals surface area (Å²) >= 11 is 5.14. The van der Waals surface area contributed by atoms with Crippen molar-refractivity contribution in [2.45, 2.75) is 205 Å². The summed E-state index contributed by atoms with van der Waals surface area (Å²) in [4.78, 5) is 10.5. The molecule has 58 heavy (non-hydrogen) atoms. The Kier molecular flexibility index (Phi) is 21.1. The van der Waals surface area contributed by atoms with E-state index < -0.39 is 112 Å². The Morgan fingerprint density at radius 3 is 1.19 bits per heavy atom. The van der Waals surface area contributed by atoms with Gasteiger partial charge in [-0.15, -0.1) is 0 Å². The van der Waals surface area contributed by atoms with E-state index in [1.165, 1.54) is 7.57 Å². The van der Waals surface area contributed by atoms with Crippen molar-refractivity contribution in [1.82, 2.24) is 0 Å². The van der Waals surface area contributed by atoms with Gasteiger partial charge in [0.2, 0.25) is 0 Å². The van der Waals surface area contributed by atoms with Crippen molar-refractivity contribution < 1.29 is 85.9 Å². The van der Waals surface area contributed by atoms with Gasteiger partial charge in [0.25, 0.3) is 15.0 Å². The maximum absolute atomic E-state index is 12.9. The quantitative estimate of drug-likeness (QED) is 0.0867. The molecule has 4 aliphatic rings. The lowest BCUT2D eigenvalue weighted by Gasteiger charge is -2.28. The first-order chi connectivity index (χ1) is 26.8. The molecule has 4 heterocycles. The van der Waals surface area contributed by atoms with Gasteiger partial charge in [-0.2, -0.15) is 0 Å². The Bertz CT molecular complexity index is 1220. The highest BCUT2D eigenvalue weighted by molar-refractivity contribution is 8.07. The normalized spacial score (nSPS) is 40.1. The Balaban J connectivity index is 0.000000310. The molecule has 4 rings (SSSR count). The fraction of sp³-hybridized carbons (Fsp3) is 1.00. The molecule has 18 atom stereocenters. The van der Waals surface area contributed by atoms with E-state index in [4.69, 9.17) is 67.8 Å². The Morgan fingerprint density at radius 1 is 0.534 bits per heavy atom. The Hall–Kier alpha value is 0.265. The predicted molar refractivity (Wildman–Crippen MR) is 218 cm³/mol. The third kappa shape index (κ3) is 15.8. The second-order valence-corrected chi connectivity index (χ2v) is 21.3. The molecule has 18 nitrogen and oxygen atoms in total. The van der Waals surface area contributed by atoms with Crippen molar-refractivity contribution in [3.8, 4) is 0 Å². The molecule has 22 heteroatoms. The fourth-order valence-corrected chi connectivity index (χ4v) is 9.46. The van der Waals surface area contributed by atoms with Crippen LogP contribution in [0.4, 0.5) is 0 Å². The molecule has 5 N–H and O–H groups in total. The smallest absolute Gasteiger partial charge is 0.325 e.